The van der Waals surface area contributed by atoms with Crippen LogP contribution in [0.15, 0.2) is 17.0 Å². The number of carbonyl (C=O) groups excluding carboxylic acids is 1. The van der Waals surface area contributed by atoms with E-state index in [1.54, 1.807) is 11.8 Å². The SMILES string of the molecule is CSc1cc2c(c(C(C)(C)CC(=O)C(F)F)c1)OCC2. The van der Waals surface area contributed by atoms with Gasteiger partial charge in [0.25, 0.3) is 6.43 Å². The molecule has 0 fully saturated rings. The molecule has 0 saturated heterocycles. The number of benzene rings is 1. The molecule has 20 heavy (non-hydrogen) atoms. The smallest absolute Gasteiger partial charge is 0.296 e. The average Bonchev–Trinajstić information content (AvgIpc) is 2.84. The lowest BCUT2D eigenvalue weighted by atomic mass is 9.79. The summed E-state index contributed by atoms with van der Waals surface area (Å²) in [5.74, 6) is -0.244. The molecule has 0 spiro atoms. The Bertz CT molecular complexity index is 527. The predicted octanol–water partition coefficient (Wildman–Crippen LogP) is 3.85. The molecule has 1 aromatic rings. The van der Waals surface area contributed by atoms with Crippen LogP contribution in [0.1, 0.15) is 31.4 Å². The van der Waals surface area contributed by atoms with Crippen molar-refractivity contribution in [3.05, 3.63) is 23.3 Å². The third-order valence-corrected chi connectivity index (χ3v) is 4.29. The summed E-state index contributed by atoms with van der Waals surface area (Å²) >= 11 is 1.60. The molecule has 5 heteroatoms. The summed E-state index contributed by atoms with van der Waals surface area (Å²) in [6, 6.07) is 4.02. The van der Waals surface area contributed by atoms with Crippen molar-refractivity contribution in [3.63, 3.8) is 0 Å². The number of fused-ring (bicyclic) bond motifs is 1. The Morgan fingerprint density at radius 3 is 2.75 bits per heavy atom. The van der Waals surface area contributed by atoms with Gasteiger partial charge in [-0.15, -0.1) is 11.8 Å². The molecule has 1 heterocycles. The number of rotatable bonds is 5. The third kappa shape index (κ3) is 2.97. The number of alkyl halides is 2. The van der Waals surface area contributed by atoms with Crippen LogP contribution in [0.4, 0.5) is 8.78 Å². The van der Waals surface area contributed by atoms with Crippen LogP contribution in [0, 0.1) is 0 Å². The maximum Gasteiger partial charge on any atom is 0.296 e. The van der Waals surface area contributed by atoms with Crippen LogP contribution < -0.4 is 4.74 Å². The second-order valence-corrected chi connectivity index (χ2v) is 6.47. The van der Waals surface area contributed by atoms with Gasteiger partial charge in [0.1, 0.15) is 5.75 Å². The Kier molecular flexibility index (Phi) is 4.37. The Labute approximate surface area is 121 Å². The quantitative estimate of drug-likeness (QED) is 0.773. The lowest BCUT2D eigenvalue weighted by Crippen LogP contribution is -2.26. The van der Waals surface area contributed by atoms with E-state index < -0.39 is 17.6 Å². The van der Waals surface area contributed by atoms with Crippen LogP contribution in [0.2, 0.25) is 0 Å². The summed E-state index contributed by atoms with van der Waals surface area (Å²) in [4.78, 5) is 12.5. The van der Waals surface area contributed by atoms with Crippen molar-refractivity contribution >= 4 is 17.5 Å². The standard InChI is InChI=1S/C15H18F2O2S/c1-15(2,8-12(18)14(16)17)11-7-10(20-3)6-9-4-5-19-13(9)11/h6-7,14H,4-5,8H2,1-3H3. The zero-order valence-electron chi connectivity index (χ0n) is 11.8. The van der Waals surface area contributed by atoms with Gasteiger partial charge in [-0.25, -0.2) is 8.78 Å². The van der Waals surface area contributed by atoms with E-state index in [1.165, 1.54) is 0 Å². The molecule has 1 aliphatic heterocycles. The molecule has 0 aromatic heterocycles. The van der Waals surface area contributed by atoms with Gasteiger partial charge in [-0.05, 0) is 24.0 Å². The molecule has 0 unspecified atom stereocenters. The van der Waals surface area contributed by atoms with Gasteiger partial charge >= 0.3 is 0 Å². The molecular formula is C15H18F2O2S. The number of halogens is 2. The molecule has 0 bridgehead atoms. The van der Waals surface area contributed by atoms with E-state index in [-0.39, 0.29) is 6.42 Å². The van der Waals surface area contributed by atoms with Crippen LogP contribution in [-0.2, 0) is 16.6 Å². The number of Topliss-reactive ketones (excluding diaryl/α,β-unsaturated/α-hetero) is 1. The highest BCUT2D eigenvalue weighted by Gasteiger charge is 2.33. The van der Waals surface area contributed by atoms with Crippen LogP contribution in [0.25, 0.3) is 0 Å². The minimum absolute atomic E-state index is 0.182. The second kappa shape index (κ2) is 5.72. The van der Waals surface area contributed by atoms with Crippen LogP contribution in [0.5, 0.6) is 5.75 Å². The fourth-order valence-electron chi connectivity index (χ4n) is 2.51. The van der Waals surface area contributed by atoms with Crippen LogP contribution in [-0.4, -0.2) is 25.1 Å². The van der Waals surface area contributed by atoms with E-state index in [4.69, 9.17) is 4.74 Å². The maximum atomic E-state index is 12.5. The van der Waals surface area contributed by atoms with E-state index in [9.17, 15) is 13.6 Å². The topological polar surface area (TPSA) is 26.3 Å². The van der Waals surface area contributed by atoms with Crippen molar-refractivity contribution in [2.24, 2.45) is 0 Å². The first kappa shape index (κ1) is 15.3. The molecule has 0 saturated carbocycles. The van der Waals surface area contributed by atoms with Crippen LogP contribution >= 0.6 is 11.8 Å². The molecule has 110 valence electrons. The zero-order valence-corrected chi connectivity index (χ0v) is 12.7. The molecule has 2 rings (SSSR count). The monoisotopic (exact) mass is 300 g/mol. The van der Waals surface area contributed by atoms with Gasteiger partial charge in [-0.2, -0.15) is 0 Å². The van der Waals surface area contributed by atoms with Crippen molar-refractivity contribution in [1.29, 1.82) is 0 Å². The van der Waals surface area contributed by atoms with Gasteiger partial charge < -0.3 is 4.74 Å². The van der Waals surface area contributed by atoms with Crippen molar-refractivity contribution in [2.75, 3.05) is 12.9 Å². The average molecular weight is 300 g/mol. The minimum Gasteiger partial charge on any atom is -0.493 e. The van der Waals surface area contributed by atoms with Gasteiger partial charge in [0.05, 0.1) is 6.61 Å². The summed E-state index contributed by atoms with van der Waals surface area (Å²) in [6.45, 7) is 4.24. The van der Waals surface area contributed by atoms with Gasteiger partial charge in [0.15, 0.2) is 5.78 Å². The zero-order chi connectivity index (χ0) is 14.9. The lowest BCUT2D eigenvalue weighted by Gasteiger charge is -2.27. The molecule has 0 radical (unpaired) electrons. The summed E-state index contributed by atoms with van der Waals surface area (Å²) < 4.78 is 30.7. The Balaban J connectivity index is 2.40. The summed E-state index contributed by atoms with van der Waals surface area (Å²) in [5, 5.41) is 0. The van der Waals surface area contributed by atoms with Crippen LogP contribution in [0.3, 0.4) is 0 Å². The first-order chi connectivity index (χ1) is 9.35. The molecule has 1 aromatic carbocycles. The number of ether oxygens (including phenoxy) is 1. The largest absolute Gasteiger partial charge is 0.493 e. The number of ketones is 1. The van der Waals surface area contributed by atoms with E-state index in [1.807, 2.05) is 26.2 Å². The van der Waals surface area contributed by atoms with Crippen molar-refractivity contribution in [1.82, 2.24) is 0 Å². The Morgan fingerprint density at radius 2 is 2.15 bits per heavy atom. The van der Waals surface area contributed by atoms with E-state index in [0.29, 0.717) is 6.61 Å². The lowest BCUT2D eigenvalue weighted by molar-refractivity contribution is -0.130. The molecule has 2 nitrogen and oxygen atoms in total. The second-order valence-electron chi connectivity index (χ2n) is 5.59. The van der Waals surface area contributed by atoms with E-state index in [2.05, 4.69) is 6.07 Å². The van der Waals surface area contributed by atoms with Gasteiger partial charge in [-0.1, -0.05) is 13.8 Å². The Morgan fingerprint density at radius 1 is 1.45 bits per heavy atom. The normalized spacial score (nSPS) is 14.3. The number of carbonyl (C=O) groups is 1. The first-order valence-electron chi connectivity index (χ1n) is 6.50. The van der Waals surface area contributed by atoms with Gasteiger partial charge in [0.2, 0.25) is 0 Å². The molecule has 1 aliphatic rings. The number of hydrogen-bond donors (Lipinski definition) is 0. The fourth-order valence-corrected chi connectivity index (χ4v) is 3.00. The number of thioether (sulfide) groups is 1. The van der Waals surface area contributed by atoms with E-state index in [0.717, 1.165) is 28.2 Å². The molecule has 0 aliphatic carbocycles. The van der Waals surface area contributed by atoms with Gasteiger partial charge in [-0.3, -0.25) is 4.79 Å². The molecule has 0 atom stereocenters. The summed E-state index contributed by atoms with van der Waals surface area (Å²) in [7, 11) is 0. The predicted molar refractivity (Wildman–Crippen MR) is 76.1 cm³/mol. The minimum atomic E-state index is -2.91. The highest BCUT2D eigenvalue weighted by molar-refractivity contribution is 7.98. The third-order valence-electron chi connectivity index (χ3n) is 3.58. The molecule has 0 amide bonds. The summed E-state index contributed by atoms with van der Waals surface area (Å²) in [6.07, 6.45) is -0.293. The summed E-state index contributed by atoms with van der Waals surface area (Å²) in [5.41, 5.74) is 1.29. The first-order valence-corrected chi connectivity index (χ1v) is 7.72. The van der Waals surface area contributed by atoms with E-state index >= 15 is 0 Å². The van der Waals surface area contributed by atoms with Crippen molar-refractivity contribution < 1.29 is 18.3 Å². The molecular weight excluding hydrogens is 282 g/mol. The highest BCUT2D eigenvalue weighted by Crippen LogP contribution is 2.42. The highest BCUT2D eigenvalue weighted by atomic mass is 32.2. The molecule has 0 N–H and O–H groups in total. The van der Waals surface area contributed by atoms with Crippen molar-refractivity contribution in [2.45, 2.75) is 43.4 Å². The number of hydrogen-bond acceptors (Lipinski definition) is 3. The van der Waals surface area contributed by atoms with Gasteiger partial charge in [0, 0.05) is 28.7 Å². The fraction of sp³-hybridized carbons (Fsp3) is 0.533. The van der Waals surface area contributed by atoms with Crippen molar-refractivity contribution in [3.8, 4) is 5.75 Å². The maximum absolute atomic E-state index is 12.5. The Hall–Kier alpha value is -1.10.